The maximum atomic E-state index is 12.3. The van der Waals surface area contributed by atoms with E-state index in [-0.39, 0.29) is 11.8 Å². The number of hydrogen-bond acceptors (Lipinski definition) is 6. The highest BCUT2D eigenvalue weighted by atomic mass is 32.1. The molecule has 0 radical (unpaired) electrons. The van der Waals surface area contributed by atoms with Gasteiger partial charge in [0.15, 0.2) is 0 Å². The molecular formula is C19H27N5O2S. The molecule has 0 unspecified atom stereocenters. The number of carbonyl (C=O) groups is 2. The molecule has 0 atom stereocenters. The lowest BCUT2D eigenvalue weighted by Gasteiger charge is -2.22. The number of likely N-dealkylation sites (N-methyl/N-ethyl adjacent to an activating group) is 2. The molecule has 2 rings (SSSR count). The van der Waals surface area contributed by atoms with E-state index in [2.05, 4.69) is 22.4 Å². The molecule has 7 nitrogen and oxygen atoms in total. The Hall–Kier alpha value is -2.32. The summed E-state index contributed by atoms with van der Waals surface area (Å²) in [6.45, 7) is 8.20. The van der Waals surface area contributed by atoms with Crippen LogP contribution in [0, 0.1) is 0 Å². The quantitative estimate of drug-likeness (QED) is 0.713. The number of nitrogens with zero attached hydrogens (tertiary/aromatic N) is 4. The molecule has 2 amide bonds. The van der Waals surface area contributed by atoms with E-state index in [9.17, 15) is 9.59 Å². The average Bonchev–Trinajstić information content (AvgIpc) is 3.11. The van der Waals surface area contributed by atoms with Crippen molar-refractivity contribution >= 4 is 28.8 Å². The van der Waals surface area contributed by atoms with Crippen molar-refractivity contribution < 1.29 is 9.59 Å². The van der Waals surface area contributed by atoms with Crippen LogP contribution in [-0.2, 0) is 17.8 Å². The number of amides is 2. The standard InChI is InChI=1S/C19H27N5O2S/c1-5-14-8-10-15(11-9-14)20-18(26)19-22-21-16(27-19)12-23(4)13-17(25)24(6-2)7-3/h8-11H,5-7,12-13H2,1-4H3,(H,20,26). The SMILES string of the molecule is CCc1ccc(NC(=O)c2nnc(CN(C)CC(=O)N(CC)CC)s2)cc1. The highest BCUT2D eigenvalue weighted by molar-refractivity contribution is 7.13. The predicted octanol–water partition coefficient (Wildman–Crippen LogP) is 2.65. The van der Waals surface area contributed by atoms with Gasteiger partial charge in [-0.15, -0.1) is 10.2 Å². The fourth-order valence-corrected chi connectivity index (χ4v) is 3.43. The Balaban J connectivity index is 1.91. The van der Waals surface area contributed by atoms with Crippen LogP contribution in [0.3, 0.4) is 0 Å². The zero-order chi connectivity index (χ0) is 19.8. The largest absolute Gasteiger partial charge is 0.342 e. The van der Waals surface area contributed by atoms with Crippen molar-refractivity contribution in [2.75, 3.05) is 32.0 Å². The first-order valence-electron chi connectivity index (χ1n) is 9.15. The highest BCUT2D eigenvalue weighted by Gasteiger charge is 2.17. The van der Waals surface area contributed by atoms with E-state index >= 15 is 0 Å². The Morgan fingerprint density at radius 2 is 1.74 bits per heavy atom. The molecule has 0 aliphatic rings. The number of aryl methyl sites for hydroxylation is 1. The van der Waals surface area contributed by atoms with Crippen LogP contribution in [0.25, 0.3) is 0 Å². The first kappa shape index (κ1) is 21.0. The third kappa shape index (κ3) is 6.11. The van der Waals surface area contributed by atoms with Gasteiger partial charge in [-0.3, -0.25) is 14.5 Å². The van der Waals surface area contributed by atoms with Crippen LogP contribution in [0.2, 0.25) is 0 Å². The monoisotopic (exact) mass is 389 g/mol. The van der Waals surface area contributed by atoms with Crippen LogP contribution in [0.4, 0.5) is 5.69 Å². The Kier molecular flexibility index (Phi) is 7.87. The van der Waals surface area contributed by atoms with E-state index in [0.29, 0.717) is 36.2 Å². The van der Waals surface area contributed by atoms with Crippen LogP contribution < -0.4 is 5.32 Å². The smallest absolute Gasteiger partial charge is 0.286 e. The van der Waals surface area contributed by atoms with Gasteiger partial charge in [-0.05, 0) is 45.0 Å². The van der Waals surface area contributed by atoms with Gasteiger partial charge in [-0.2, -0.15) is 0 Å². The third-order valence-corrected chi connectivity index (χ3v) is 5.11. The minimum atomic E-state index is -0.273. The van der Waals surface area contributed by atoms with Crippen molar-refractivity contribution in [1.82, 2.24) is 20.0 Å². The maximum Gasteiger partial charge on any atom is 0.286 e. The van der Waals surface area contributed by atoms with Crippen molar-refractivity contribution in [3.63, 3.8) is 0 Å². The first-order chi connectivity index (χ1) is 13.0. The number of benzene rings is 1. The molecule has 2 aromatic rings. The first-order valence-corrected chi connectivity index (χ1v) is 9.97. The minimum Gasteiger partial charge on any atom is -0.342 e. The Bertz CT molecular complexity index is 756. The van der Waals surface area contributed by atoms with E-state index < -0.39 is 0 Å². The summed E-state index contributed by atoms with van der Waals surface area (Å²) >= 11 is 1.24. The van der Waals surface area contributed by atoms with Gasteiger partial charge in [-0.1, -0.05) is 30.4 Å². The lowest BCUT2D eigenvalue weighted by atomic mass is 10.1. The molecule has 0 spiro atoms. The van der Waals surface area contributed by atoms with Crippen LogP contribution in [0.15, 0.2) is 24.3 Å². The van der Waals surface area contributed by atoms with E-state index in [1.165, 1.54) is 16.9 Å². The van der Waals surface area contributed by atoms with Gasteiger partial charge in [-0.25, -0.2) is 0 Å². The molecule has 146 valence electrons. The molecule has 0 bridgehead atoms. The molecule has 0 saturated carbocycles. The fourth-order valence-electron chi connectivity index (χ4n) is 2.61. The summed E-state index contributed by atoms with van der Waals surface area (Å²) in [6, 6.07) is 7.74. The summed E-state index contributed by atoms with van der Waals surface area (Å²) in [5, 5.41) is 11.9. The van der Waals surface area contributed by atoms with Crippen LogP contribution >= 0.6 is 11.3 Å². The van der Waals surface area contributed by atoms with Crippen LogP contribution in [-0.4, -0.2) is 58.5 Å². The van der Waals surface area contributed by atoms with Gasteiger partial charge in [0, 0.05) is 18.8 Å². The minimum absolute atomic E-state index is 0.0838. The summed E-state index contributed by atoms with van der Waals surface area (Å²) in [4.78, 5) is 28.2. The van der Waals surface area contributed by atoms with Gasteiger partial charge < -0.3 is 10.2 Å². The number of anilines is 1. The fraction of sp³-hybridized carbons (Fsp3) is 0.474. The lowest BCUT2D eigenvalue weighted by molar-refractivity contribution is -0.131. The summed E-state index contributed by atoms with van der Waals surface area (Å²) in [5.74, 6) is -0.189. The Labute approximate surface area is 164 Å². The van der Waals surface area contributed by atoms with Crippen molar-refractivity contribution in [2.24, 2.45) is 0 Å². The van der Waals surface area contributed by atoms with Gasteiger partial charge >= 0.3 is 0 Å². The normalized spacial score (nSPS) is 10.9. The van der Waals surface area contributed by atoms with Crippen LogP contribution in [0.5, 0.6) is 0 Å². The van der Waals surface area contributed by atoms with Gasteiger partial charge in [0.2, 0.25) is 10.9 Å². The van der Waals surface area contributed by atoms with Crippen molar-refractivity contribution in [1.29, 1.82) is 0 Å². The van der Waals surface area contributed by atoms with Gasteiger partial charge in [0.1, 0.15) is 5.01 Å². The van der Waals surface area contributed by atoms with Crippen molar-refractivity contribution in [2.45, 2.75) is 33.7 Å². The number of nitrogens with one attached hydrogen (secondary N) is 1. The summed E-state index contributed by atoms with van der Waals surface area (Å²) in [7, 11) is 1.86. The molecule has 1 N–H and O–H groups in total. The van der Waals surface area contributed by atoms with Gasteiger partial charge in [0.25, 0.3) is 5.91 Å². The van der Waals surface area contributed by atoms with Gasteiger partial charge in [0.05, 0.1) is 13.1 Å². The molecule has 0 saturated heterocycles. The second-order valence-corrected chi connectivity index (χ2v) is 7.31. The summed E-state index contributed by atoms with van der Waals surface area (Å²) < 4.78 is 0. The second-order valence-electron chi connectivity index (χ2n) is 6.24. The van der Waals surface area contributed by atoms with Crippen molar-refractivity contribution in [3.05, 3.63) is 39.8 Å². The molecule has 0 fully saturated rings. The molecular weight excluding hydrogens is 362 g/mol. The number of carbonyl (C=O) groups excluding carboxylic acids is 2. The lowest BCUT2D eigenvalue weighted by Crippen LogP contribution is -2.38. The second kappa shape index (κ2) is 10.1. The van der Waals surface area contributed by atoms with E-state index in [4.69, 9.17) is 0 Å². The molecule has 1 aromatic carbocycles. The number of aromatic nitrogens is 2. The number of hydrogen-bond donors (Lipinski definition) is 1. The summed E-state index contributed by atoms with van der Waals surface area (Å²) in [6.07, 6.45) is 0.957. The topological polar surface area (TPSA) is 78.4 Å². The molecule has 8 heteroatoms. The van der Waals surface area contributed by atoms with E-state index in [1.807, 2.05) is 50.1 Å². The molecule has 1 heterocycles. The molecule has 0 aliphatic heterocycles. The van der Waals surface area contributed by atoms with Crippen LogP contribution in [0.1, 0.15) is 41.1 Å². The Morgan fingerprint density at radius 3 is 2.33 bits per heavy atom. The maximum absolute atomic E-state index is 12.3. The van der Waals surface area contributed by atoms with E-state index in [0.717, 1.165) is 12.1 Å². The molecule has 27 heavy (non-hydrogen) atoms. The predicted molar refractivity (Wildman–Crippen MR) is 108 cm³/mol. The highest BCUT2D eigenvalue weighted by Crippen LogP contribution is 2.15. The zero-order valence-electron chi connectivity index (χ0n) is 16.4. The number of rotatable bonds is 9. The average molecular weight is 390 g/mol. The Morgan fingerprint density at radius 1 is 1.07 bits per heavy atom. The van der Waals surface area contributed by atoms with E-state index in [1.54, 1.807) is 4.90 Å². The summed E-state index contributed by atoms with van der Waals surface area (Å²) in [5.41, 5.74) is 1.95. The zero-order valence-corrected chi connectivity index (χ0v) is 17.2. The third-order valence-electron chi connectivity index (χ3n) is 4.21. The molecule has 0 aliphatic carbocycles. The van der Waals surface area contributed by atoms with Crippen molar-refractivity contribution in [3.8, 4) is 0 Å². The molecule has 1 aromatic heterocycles.